The predicted octanol–water partition coefficient (Wildman–Crippen LogP) is 4.20. The van der Waals surface area contributed by atoms with Crippen LogP contribution in [0.25, 0.3) is 0 Å². The smallest absolute Gasteiger partial charge is 0.161 e. The molecular weight excluding hydrogens is 352 g/mol. The van der Waals surface area contributed by atoms with Gasteiger partial charge in [0.2, 0.25) is 0 Å². The molecule has 1 aliphatic rings. The number of nitrogens with one attached hydrogen (secondary N) is 1. The van der Waals surface area contributed by atoms with Crippen molar-refractivity contribution in [1.29, 1.82) is 0 Å². The maximum Gasteiger partial charge on any atom is 0.161 e. The molecule has 2 aromatic carbocycles. The van der Waals surface area contributed by atoms with E-state index in [-0.39, 0.29) is 0 Å². The molecule has 3 rings (SSSR count). The Balaban J connectivity index is 1.65. The molecule has 0 saturated carbocycles. The monoisotopic (exact) mass is 376 g/mol. The normalized spacial score (nSPS) is 14.2. The molecule has 6 heteroatoms. The minimum absolute atomic E-state index is 0.613. The van der Waals surface area contributed by atoms with Crippen molar-refractivity contribution in [1.82, 2.24) is 0 Å². The van der Waals surface area contributed by atoms with E-state index in [1.807, 2.05) is 31.2 Å². The van der Waals surface area contributed by atoms with Gasteiger partial charge in [-0.25, -0.2) is 0 Å². The summed E-state index contributed by atoms with van der Waals surface area (Å²) in [5.74, 6) is 1.50. The molecule has 0 unspecified atom stereocenters. The third kappa shape index (κ3) is 4.54. The summed E-state index contributed by atoms with van der Waals surface area (Å²) in [7, 11) is 1.65. The minimum atomic E-state index is 0.613. The number of nitrogens with zero attached hydrogens (tertiary/aromatic N) is 1. The second-order valence-corrected chi connectivity index (χ2v) is 6.44. The molecule has 0 spiro atoms. The van der Waals surface area contributed by atoms with Gasteiger partial charge in [0.15, 0.2) is 11.5 Å². The van der Waals surface area contributed by atoms with Crippen LogP contribution in [0.3, 0.4) is 0 Å². The van der Waals surface area contributed by atoms with Crippen LogP contribution in [0.1, 0.15) is 12.5 Å². The molecule has 0 aliphatic carbocycles. The molecule has 1 fully saturated rings. The molecule has 1 aliphatic heterocycles. The summed E-state index contributed by atoms with van der Waals surface area (Å²) in [4.78, 5) is 2.26. The molecule has 26 heavy (non-hydrogen) atoms. The first-order chi connectivity index (χ1) is 12.7. The highest BCUT2D eigenvalue weighted by molar-refractivity contribution is 6.33. The third-order valence-electron chi connectivity index (χ3n) is 4.32. The molecule has 0 aromatic heterocycles. The number of halogens is 1. The molecule has 1 heterocycles. The van der Waals surface area contributed by atoms with E-state index in [1.165, 1.54) is 0 Å². The summed E-state index contributed by atoms with van der Waals surface area (Å²) in [6.07, 6.45) is 0. The SMILES string of the molecule is CCOc1ccc(CNc2ccc(N3CCOCC3)c(Cl)c2)cc1OC. The molecular formula is C20H25ClN2O3. The molecule has 1 N–H and O–H groups in total. The lowest BCUT2D eigenvalue weighted by Gasteiger charge is -2.29. The van der Waals surface area contributed by atoms with Crippen LogP contribution in [0.2, 0.25) is 5.02 Å². The van der Waals surface area contributed by atoms with E-state index in [0.29, 0.717) is 13.2 Å². The zero-order valence-corrected chi connectivity index (χ0v) is 16.0. The van der Waals surface area contributed by atoms with Crippen molar-refractivity contribution in [3.63, 3.8) is 0 Å². The fourth-order valence-electron chi connectivity index (χ4n) is 2.98. The van der Waals surface area contributed by atoms with Crippen molar-refractivity contribution in [2.75, 3.05) is 50.2 Å². The summed E-state index contributed by atoms with van der Waals surface area (Å²) >= 11 is 6.49. The lowest BCUT2D eigenvalue weighted by Crippen LogP contribution is -2.36. The molecule has 0 bridgehead atoms. The molecule has 0 atom stereocenters. The van der Waals surface area contributed by atoms with E-state index in [9.17, 15) is 0 Å². The lowest BCUT2D eigenvalue weighted by atomic mass is 10.2. The fraction of sp³-hybridized carbons (Fsp3) is 0.400. The topological polar surface area (TPSA) is 43.0 Å². The number of morpholine rings is 1. The molecule has 5 nitrogen and oxygen atoms in total. The van der Waals surface area contributed by atoms with Crippen LogP contribution < -0.4 is 19.7 Å². The Morgan fingerprint density at radius 1 is 1.12 bits per heavy atom. The second kappa shape index (κ2) is 9.01. The second-order valence-electron chi connectivity index (χ2n) is 6.04. The quantitative estimate of drug-likeness (QED) is 0.784. The minimum Gasteiger partial charge on any atom is -0.493 e. The van der Waals surface area contributed by atoms with Gasteiger partial charge in [-0.15, -0.1) is 0 Å². The van der Waals surface area contributed by atoms with Crippen molar-refractivity contribution >= 4 is 23.0 Å². The fourth-order valence-corrected chi connectivity index (χ4v) is 3.28. The van der Waals surface area contributed by atoms with Crippen LogP contribution in [-0.2, 0) is 11.3 Å². The van der Waals surface area contributed by atoms with Gasteiger partial charge >= 0.3 is 0 Å². The largest absolute Gasteiger partial charge is 0.493 e. The van der Waals surface area contributed by atoms with Gasteiger partial charge in [0, 0.05) is 25.3 Å². The first-order valence-electron chi connectivity index (χ1n) is 8.87. The standard InChI is InChI=1S/C20H25ClN2O3/c1-3-26-19-7-4-15(12-20(19)24-2)14-22-16-5-6-18(17(21)13-16)23-8-10-25-11-9-23/h4-7,12-13,22H,3,8-11,14H2,1-2H3. The Hall–Kier alpha value is -2.11. The highest BCUT2D eigenvalue weighted by Gasteiger charge is 2.14. The number of anilines is 2. The summed E-state index contributed by atoms with van der Waals surface area (Å²) < 4.78 is 16.4. The zero-order valence-electron chi connectivity index (χ0n) is 15.3. The Morgan fingerprint density at radius 3 is 2.62 bits per heavy atom. The Morgan fingerprint density at radius 2 is 1.92 bits per heavy atom. The number of benzene rings is 2. The van der Waals surface area contributed by atoms with E-state index in [4.69, 9.17) is 25.8 Å². The van der Waals surface area contributed by atoms with Gasteiger partial charge in [0.05, 0.1) is 37.6 Å². The third-order valence-corrected chi connectivity index (χ3v) is 4.63. The first kappa shape index (κ1) is 18.7. The van der Waals surface area contributed by atoms with Gasteiger partial charge in [-0.05, 0) is 42.8 Å². The van der Waals surface area contributed by atoms with E-state index < -0.39 is 0 Å². The Kier molecular flexibility index (Phi) is 6.47. The van der Waals surface area contributed by atoms with Crippen molar-refractivity contribution in [3.05, 3.63) is 47.0 Å². The Labute approximate surface area is 159 Å². The average molecular weight is 377 g/mol. The number of methoxy groups -OCH3 is 1. The lowest BCUT2D eigenvalue weighted by molar-refractivity contribution is 0.122. The van der Waals surface area contributed by atoms with Gasteiger partial charge in [0.25, 0.3) is 0 Å². The highest BCUT2D eigenvalue weighted by Crippen LogP contribution is 2.31. The van der Waals surface area contributed by atoms with Crippen LogP contribution in [0.5, 0.6) is 11.5 Å². The number of hydrogen-bond donors (Lipinski definition) is 1. The van der Waals surface area contributed by atoms with E-state index in [0.717, 1.165) is 59.8 Å². The van der Waals surface area contributed by atoms with E-state index >= 15 is 0 Å². The van der Waals surface area contributed by atoms with Gasteiger partial charge in [-0.3, -0.25) is 0 Å². The van der Waals surface area contributed by atoms with Crippen LogP contribution in [0, 0.1) is 0 Å². The number of rotatable bonds is 7. The molecule has 0 radical (unpaired) electrons. The molecule has 2 aromatic rings. The van der Waals surface area contributed by atoms with Gasteiger partial charge in [0.1, 0.15) is 0 Å². The van der Waals surface area contributed by atoms with Gasteiger partial charge < -0.3 is 24.4 Å². The summed E-state index contributed by atoms with van der Waals surface area (Å²) in [5.41, 5.74) is 3.15. The van der Waals surface area contributed by atoms with Crippen molar-refractivity contribution in [2.24, 2.45) is 0 Å². The van der Waals surface area contributed by atoms with Crippen molar-refractivity contribution in [2.45, 2.75) is 13.5 Å². The van der Waals surface area contributed by atoms with E-state index in [2.05, 4.69) is 22.3 Å². The van der Waals surface area contributed by atoms with E-state index in [1.54, 1.807) is 7.11 Å². The summed E-state index contributed by atoms with van der Waals surface area (Å²) in [5, 5.41) is 4.16. The van der Waals surface area contributed by atoms with Gasteiger partial charge in [-0.2, -0.15) is 0 Å². The summed E-state index contributed by atoms with van der Waals surface area (Å²) in [6.45, 7) is 6.49. The van der Waals surface area contributed by atoms with Crippen LogP contribution in [-0.4, -0.2) is 40.0 Å². The Bertz CT molecular complexity index is 733. The van der Waals surface area contributed by atoms with Crippen LogP contribution in [0.15, 0.2) is 36.4 Å². The predicted molar refractivity (Wildman–Crippen MR) is 106 cm³/mol. The average Bonchev–Trinajstić information content (AvgIpc) is 2.68. The molecule has 1 saturated heterocycles. The first-order valence-corrected chi connectivity index (χ1v) is 9.25. The highest BCUT2D eigenvalue weighted by atomic mass is 35.5. The molecule has 0 amide bonds. The van der Waals surface area contributed by atoms with Crippen LogP contribution in [0.4, 0.5) is 11.4 Å². The number of ether oxygens (including phenoxy) is 3. The van der Waals surface area contributed by atoms with Crippen LogP contribution >= 0.6 is 11.6 Å². The zero-order chi connectivity index (χ0) is 18.4. The maximum absolute atomic E-state index is 6.49. The number of hydrogen-bond acceptors (Lipinski definition) is 5. The van der Waals surface area contributed by atoms with Gasteiger partial charge in [-0.1, -0.05) is 17.7 Å². The maximum atomic E-state index is 6.49. The van der Waals surface area contributed by atoms with Crippen molar-refractivity contribution in [3.8, 4) is 11.5 Å². The summed E-state index contributed by atoms with van der Waals surface area (Å²) in [6, 6.07) is 12.1. The molecule has 140 valence electrons. The van der Waals surface area contributed by atoms with Crippen molar-refractivity contribution < 1.29 is 14.2 Å².